The van der Waals surface area contributed by atoms with Crippen molar-refractivity contribution in [3.05, 3.63) is 71.3 Å². The van der Waals surface area contributed by atoms with Gasteiger partial charge in [0.25, 0.3) is 5.91 Å². The Morgan fingerprint density at radius 1 is 1.12 bits per heavy atom. The lowest BCUT2D eigenvalue weighted by atomic mass is 9.88. The summed E-state index contributed by atoms with van der Waals surface area (Å²) in [5.74, 6) is 0.0974. The van der Waals surface area contributed by atoms with E-state index in [1.165, 1.54) is 5.56 Å². The number of aliphatic hydroxyl groups is 1. The van der Waals surface area contributed by atoms with Crippen LogP contribution in [0.2, 0.25) is 0 Å². The minimum Gasteiger partial charge on any atom is -0.383 e. The Morgan fingerprint density at radius 3 is 2.38 bits per heavy atom. The molecule has 126 valence electrons. The zero-order valence-electron chi connectivity index (χ0n) is 14.2. The second kappa shape index (κ2) is 7.18. The number of carbonyl (C=O) groups excluding carboxylic acids is 1. The molecule has 1 unspecified atom stereocenters. The van der Waals surface area contributed by atoms with Crippen LogP contribution in [0.3, 0.4) is 0 Å². The minimum atomic E-state index is -0.973. The summed E-state index contributed by atoms with van der Waals surface area (Å²) in [6.45, 7) is 2.39. The molecule has 1 atom stereocenters. The molecule has 1 fully saturated rings. The van der Waals surface area contributed by atoms with Gasteiger partial charge in [-0.2, -0.15) is 0 Å². The van der Waals surface area contributed by atoms with Gasteiger partial charge in [-0.3, -0.25) is 4.79 Å². The van der Waals surface area contributed by atoms with Crippen LogP contribution < -0.4 is 5.32 Å². The number of hydrogen-bond donors (Lipinski definition) is 2. The fraction of sp³-hybridized carbons (Fsp3) is 0.381. The van der Waals surface area contributed by atoms with Crippen molar-refractivity contribution in [2.75, 3.05) is 6.54 Å². The van der Waals surface area contributed by atoms with E-state index in [0.29, 0.717) is 5.56 Å². The summed E-state index contributed by atoms with van der Waals surface area (Å²) in [7, 11) is 0. The van der Waals surface area contributed by atoms with Gasteiger partial charge in [-0.25, -0.2) is 0 Å². The van der Waals surface area contributed by atoms with Gasteiger partial charge in [0.2, 0.25) is 0 Å². The van der Waals surface area contributed by atoms with Crippen molar-refractivity contribution in [3.63, 3.8) is 0 Å². The molecular weight excluding hydrogens is 298 g/mol. The highest BCUT2D eigenvalue weighted by molar-refractivity contribution is 5.94. The van der Waals surface area contributed by atoms with E-state index >= 15 is 0 Å². The average molecular weight is 323 g/mol. The molecule has 2 aromatic carbocycles. The third-order valence-electron chi connectivity index (χ3n) is 4.80. The molecule has 1 amide bonds. The van der Waals surface area contributed by atoms with E-state index in [2.05, 4.69) is 12.2 Å². The SMILES string of the molecule is CCCc1ccc(C(=O)NCC(O)(c2ccccc2)C2CC2)cc1. The van der Waals surface area contributed by atoms with Crippen molar-refractivity contribution < 1.29 is 9.90 Å². The normalized spacial score (nSPS) is 16.4. The van der Waals surface area contributed by atoms with Crippen molar-refractivity contribution >= 4 is 5.91 Å². The Labute approximate surface area is 143 Å². The van der Waals surface area contributed by atoms with Gasteiger partial charge < -0.3 is 10.4 Å². The lowest BCUT2D eigenvalue weighted by Crippen LogP contribution is -2.42. The number of rotatable bonds is 7. The van der Waals surface area contributed by atoms with Crippen LogP contribution in [0, 0.1) is 5.92 Å². The minimum absolute atomic E-state index is 0.131. The fourth-order valence-corrected chi connectivity index (χ4v) is 3.20. The molecule has 0 saturated heterocycles. The maximum atomic E-state index is 12.4. The lowest BCUT2D eigenvalue weighted by Gasteiger charge is -2.29. The lowest BCUT2D eigenvalue weighted by molar-refractivity contribution is 0.0135. The van der Waals surface area contributed by atoms with Crippen LogP contribution in [0.1, 0.15) is 47.7 Å². The first-order valence-electron chi connectivity index (χ1n) is 8.78. The molecular formula is C21H25NO2. The van der Waals surface area contributed by atoms with E-state index < -0.39 is 5.60 Å². The van der Waals surface area contributed by atoms with Crippen molar-refractivity contribution in [2.24, 2.45) is 5.92 Å². The molecule has 1 saturated carbocycles. The number of hydrogen-bond acceptors (Lipinski definition) is 2. The highest BCUT2D eigenvalue weighted by atomic mass is 16.3. The van der Waals surface area contributed by atoms with Crippen molar-refractivity contribution in [3.8, 4) is 0 Å². The summed E-state index contributed by atoms with van der Waals surface area (Å²) in [5.41, 5.74) is 1.79. The standard InChI is InChI=1S/C21H25NO2/c1-2-6-16-9-11-17(12-10-16)20(23)22-15-21(24,19-13-14-19)18-7-4-3-5-8-18/h3-5,7-12,19,24H,2,6,13-15H2,1H3,(H,22,23). The summed E-state index contributed by atoms with van der Waals surface area (Å²) >= 11 is 0. The molecule has 3 rings (SSSR count). The van der Waals surface area contributed by atoms with E-state index in [1.807, 2.05) is 54.6 Å². The second-order valence-electron chi connectivity index (χ2n) is 6.69. The maximum Gasteiger partial charge on any atom is 0.251 e. The summed E-state index contributed by atoms with van der Waals surface area (Å²) in [6.07, 6.45) is 4.13. The molecule has 0 spiro atoms. The van der Waals surface area contributed by atoms with Crippen LogP contribution >= 0.6 is 0 Å². The number of carbonyl (C=O) groups is 1. The Kier molecular flexibility index (Phi) is 5.00. The molecule has 0 heterocycles. The molecule has 1 aliphatic rings. The van der Waals surface area contributed by atoms with Gasteiger partial charge in [0.1, 0.15) is 5.60 Å². The third-order valence-corrected chi connectivity index (χ3v) is 4.80. The summed E-state index contributed by atoms with van der Waals surface area (Å²) in [4.78, 5) is 12.4. The molecule has 0 bridgehead atoms. The van der Waals surface area contributed by atoms with Gasteiger partial charge in [0.05, 0.1) is 6.54 Å². The highest BCUT2D eigenvalue weighted by Crippen LogP contribution is 2.45. The van der Waals surface area contributed by atoms with Gasteiger partial charge in [-0.15, -0.1) is 0 Å². The van der Waals surface area contributed by atoms with Gasteiger partial charge in [-0.1, -0.05) is 55.8 Å². The van der Waals surface area contributed by atoms with Crippen LogP contribution in [0.4, 0.5) is 0 Å². The molecule has 24 heavy (non-hydrogen) atoms. The first-order valence-corrected chi connectivity index (χ1v) is 8.78. The smallest absolute Gasteiger partial charge is 0.251 e. The maximum absolute atomic E-state index is 12.4. The second-order valence-corrected chi connectivity index (χ2v) is 6.69. The zero-order chi connectivity index (χ0) is 17.0. The average Bonchev–Trinajstić information content (AvgIpc) is 3.47. The van der Waals surface area contributed by atoms with Crippen LogP contribution in [0.25, 0.3) is 0 Å². The first-order chi connectivity index (χ1) is 11.6. The Morgan fingerprint density at radius 2 is 1.79 bits per heavy atom. The molecule has 0 radical (unpaired) electrons. The zero-order valence-corrected chi connectivity index (χ0v) is 14.2. The van der Waals surface area contributed by atoms with Gasteiger partial charge in [-0.05, 0) is 48.4 Å². The summed E-state index contributed by atoms with van der Waals surface area (Å²) in [6, 6.07) is 17.4. The van der Waals surface area contributed by atoms with E-state index in [9.17, 15) is 9.90 Å². The van der Waals surface area contributed by atoms with Gasteiger partial charge in [0.15, 0.2) is 0 Å². The van der Waals surface area contributed by atoms with E-state index in [4.69, 9.17) is 0 Å². The van der Waals surface area contributed by atoms with E-state index in [0.717, 1.165) is 31.2 Å². The predicted molar refractivity (Wildman–Crippen MR) is 95.8 cm³/mol. The number of benzene rings is 2. The Bertz CT molecular complexity index is 677. The molecule has 2 N–H and O–H groups in total. The Balaban J connectivity index is 1.67. The largest absolute Gasteiger partial charge is 0.383 e. The molecule has 3 heteroatoms. The monoisotopic (exact) mass is 323 g/mol. The molecule has 0 aliphatic heterocycles. The van der Waals surface area contributed by atoms with Crippen LogP contribution in [0.15, 0.2) is 54.6 Å². The summed E-state index contributed by atoms with van der Waals surface area (Å²) in [5, 5.41) is 14.0. The van der Waals surface area contributed by atoms with E-state index in [1.54, 1.807) is 0 Å². The van der Waals surface area contributed by atoms with Crippen LogP contribution in [-0.4, -0.2) is 17.6 Å². The first kappa shape index (κ1) is 16.7. The molecule has 1 aliphatic carbocycles. The number of amides is 1. The quantitative estimate of drug-likeness (QED) is 0.817. The number of nitrogens with one attached hydrogen (secondary N) is 1. The van der Waals surface area contributed by atoms with Gasteiger partial charge in [0, 0.05) is 5.56 Å². The third kappa shape index (κ3) is 3.68. The highest BCUT2D eigenvalue weighted by Gasteiger charge is 2.45. The topological polar surface area (TPSA) is 49.3 Å². The van der Waals surface area contributed by atoms with Crippen LogP contribution in [0.5, 0.6) is 0 Å². The molecule has 0 aromatic heterocycles. The fourth-order valence-electron chi connectivity index (χ4n) is 3.20. The van der Waals surface area contributed by atoms with Gasteiger partial charge >= 0.3 is 0 Å². The predicted octanol–water partition coefficient (Wildman–Crippen LogP) is 3.67. The van der Waals surface area contributed by atoms with Crippen LogP contribution in [-0.2, 0) is 12.0 Å². The molecule has 2 aromatic rings. The molecule has 3 nitrogen and oxygen atoms in total. The Hall–Kier alpha value is -2.13. The number of aryl methyl sites for hydroxylation is 1. The summed E-state index contributed by atoms with van der Waals surface area (Å²) < 4.78 is 0. The van der Waals surface area contributed by atoms with Crippen molar-refractivity contribution in [2.45, 2.75) is 38.2 Å². The van der Waals surface area contributed by atoms with E-state index in [-0.39, 0.29) is 18.4 Å². The van der Waals surface area contributed by atoms with Crippen molar-refractivity contribution in [1.82, 2.24) is 5.32 Å². The van der Waals surface area contributed by atoms with Crippen molar-refractivity contribution in [1.29, 1.82) is 0 Å².